The summed E-state index contributed by atoms with van der Waals surface area (Å²) in [6.07, 6.45) is 18.7. The molecule has 0 saturated heterocycles. The highest BCUT2D eigenvalue weighted by atomic mass is 16.5. The third kappa shape index (κ3) is 4.99. The van der Waals surface area contributed by atoms with E-state index in [-0.39, 0.29) is 11.2 Å². The van der Waals surface area contributed by atoms with Crippen molar-refractivity contribution < 1.29 is 4.74 Å². The van der Waals surface area contributed by atoms with E-state index in [1.54, 1.807) is 0 Å². The second-order valence-electron chi connectivity index (χ2n) is 8.81. The fraction of sp³-hybridized carbons (Fsp3) is 0.905. The Labute approximate surface area is 157 Å². The Morgan fingerprint density at radius 3 is 1.88 bits per heavy atom. The van der Waals surface area contributed by atoms with Gasteiger partial charge in [-0.05, 0) is 39.5 Å². The number of aromatic amines is 1. The molecule has 1 aromatic heterocycles. The molecule has 2 aliphatic rings. The summed E-state index contributed by atoms with van der Waals surface area (Å²) in [6, 6.07) is 0. The number of aryl methyl sites for hydroxylation is 1. The molecule has 148 valence electrons. The molecule has 1 heterocycles. The van der Waals surface area contributed by atoms with E-state index in [0.29, 0.717) is 12.2 Å². The molecule has 1 N–H and O–H groups in total. The molecule has 2 fully saturated rings. The Morgan fingerprint density at radius 1 is 0.923 bits per heavy atom. The van der Waals surface area contributed by atoms with Gasteiger partial charge in [0.25, 0.3) is 0 Å². The van der Waals surface area contributed by atoms with Crippen LogP contribution >= 0.6 is 0 Å². The van der Waals surface area contributed by atoms with Crippen LogP contribution in [-0.2, 0) is 10.3 Å². The summed E-state index contributed by atoms with van der Waals surface area (Å²) < 4.78 is 8.31. The maximum atomic E-state index is 12.0. The molecule has 5 heteroatoms. The lowest BCUT2D eigenvalue weighted by Gasteiger charge is -2.46. The molecule has 0 aromatic carbocycles. The van der Waals surface area contributed by atoms with E-state index in [4.69, 9.17) is 4.74 Å². The average molecular weight is 364 g/mol. The summed E-state index contributed by atoms with van der Waals surface area (Å²) >= 11 is 0. The molecule has 0 spiro atoms. The van der Waals surface area contributed by atoms with Crippen molar-refractivity contribution in [3.8, 4) is 0 Å². The maximum Gasteiger partial charge on any atom is 0.343 e. The van der Waals surface area contributed by atoms with Crippen molar-refractivity contribution in [1.29, 1.82) is 0 Å². The zero-order valence-corrected chi connectivity index (χ0v) is 16.8. The van der Waals surface area contributed by atoms with Crippen molar-refractivity contribution in [3.63, 3.8) is 0 Å². The summed E-state index contributed by atoms with van der Waals surface area (Å²) in [5, 5.41) is 6.62. The topological polar surface area (TPSA) is 59.9 Å². The molecule has 0 amide bonds. The highest BCUT2D eigenvalue weighted by Gasteiger charge is 2.45. The van der Waals surface area contributed by atoms with Gasteiger partial charge >= 0.3 is 5.69 Å². The monoisotopic (exact) mass is 363 g/mol. The quantitative estimate of drug-likeness (QED) is 0.836. The van der Waals surface area contributed by atoms with E-state index in [9.17, 15) is 4.79 Å². The van der Waals surface area contributed by atoms with Crippen LogP contribution in [-0.4, -0.2) is 27.0 Å². The number of ether oxygens (including phenoxy) is 1. The third-order valence-corrected chi connectivity index (χ3v) is 6.40. The number of aromatic nitrogens is 3. The minimum Gasteiger partial charge on any atom is -0.375 e. The smallest absolute Gasteiger partial charge is 0.343 e. The third-order valence-electron chi connectivity index (χ3n) is 6.40. The highest BCUT2D eigenvalue weighted by Crippen LogP contribution is 2.41. The van der Waals surface area contributed by atoms with Crippen molar-refractivity contribution in [2.75, 3.05) is 0 Å². The molecule has 0 aliphatic heterocycles. The first-order chi connectivity index (χ1) is 12.6. The largest absolute Gasteiger partial charge is 0.375 e. The summed E-state index contributed by atoms with van der Waals surface area (Å²) in [6.45, 7) is 4.05. The van der Waals surface area contributed by atoms with E-state index < -0.39 is 0 Å². The van der Waals surface area contributed by atoms with Gasteiger partial charge in [0.15, 0.2) is 0 Å². The van der Waals surface area contributed by atoms with Gasteiger partial charge in [-0.2, -0.15) is 5.10 Å². The summed E-state index contributed by atoms with van der Waals surface area (Å²) in [5.74, 6) is 0.776. The molecule has 1 aromatic rings. The first-order valence-electron chi connectivity index (χ1n) is 10.9. The van der Waals surface area contributed by atoms with Gasteiger partial charge in [-0.3, -0.25) is 4.57 Å². The maximum absolute atomic E-state index is 12.0. The number of hydrogen-bond donors (Lipinski definition) is 1. The predicted molar refractivity (Wildman–Crippen MR) is 105 cm³/mol. The van der Waals surface area contributed by atoms with Crippen molar-refractivity contribution in [2.45, 2.75) is 121 Å². The lowest BCUT2D eigenvalue weighted by molar-refractivity contribution is -0.108. The van der Waals surface area contributed by atoms with Gasteiger partial charge in [0.05, 0.1) is 17.7 Å². The lowest BCUT2D eigenvalue weighted by atomic mass is 9.75. The Balaban J connectivity index is 1.50. The molecule has 0 unspecified atom stereocenters. The van der Waals surface area contributed by atoms with Crippen LogP contribution in [0, 0.1) is 6.92 Å². The molecule has 3 rings (SSSR count). The van der Waals surface area contributed by atoms with Gasteiger partial charge < -0.3 is 4.74 Å². The summed E-state index contributed by atoms with van der Waals surface area (Å²) in [4.78, 5) is 12.0. The van der Waals surface area contributed by atoms with Gasteiger partial charge in [-0.15, -0.1) is 0 Å². The zero-order valence-electron chi connectivity index (χ0n) is 16.8. The standard InChI is InChI=1S/C21H37N3O2/c1-17-22-23-20(25)24(17)21(2)15-19(16-21)26-18-13-11-9-7-5-3-4-6-8-10-12-14-18/h18-19H,3-16H2,1-2H3,(H,23,25). The van der Waals surface area contributed by atoms with Crippen molar-refractivity contribution >= 4 is 0 Å². The summed E-state index contributed by atoms with van der Waals surface area (Å²) in [5.41, 5.74) is -0.229. The van der Waals surface area contributed by atoms with Gasteiger partial charge in [0.2, 0.25) is 0 Å². The summed E-state index contributed by atoms with van der Waals surface area (Å²) in [7, 11) is 0. The first-order valence-corrected chi connectivity index (χ1v) is 10.9. The van der Waals surface area contributed by atoms with E-state index >= 15 is 0 Å². The number of nitrogens with one attached hydrogen (secondary N) is 1. The second kappa shape index (κ2) is 9.20. The molecule has 0 atom stereocenters. The molecule has 5 nitrogen and oxygen atoms in total. The molecule has 26 heavy (non-hydrogen) atoms. The Kier molecular flexibility index (Phi) is 6.96. The van der Waals surface area contributed by atoms with Gasteiger partial charge in [-0.1, -0.05) is 64.2 Å². The zero-order chi connectivity index (χ0) is 18.4. The van der Waals surface area contributed by atoms with Crippen LogP contribution in [0.4, 0.5) is 0 Å². The Morgan fingerprint density at radius 2 is 1.42 bits per heavy atom. The number of rotatable bonds is 3. The number of H-pyrrole nitrogens is 1. The highest BCUT2D eigenvalue weighted by molar-refractivity contribution is 5.02. The van der Waals surface area contributed by atoms with E-state index in [2.05, 4.69) is 17.1 Å². The predicted octanol–water partition coefficient (Wildman–Crippen LogP) is 4.84. The fourth-order valence-electron chi connectivity index (χ4n) is 4.92. The average Bonchev–Trinajstić information content (AvgIpc) is 2.93. The normalized spacial score (nSPS) is 30.0. The van der Waals surface area contributed by atoms with Gasteiger partial charge in [0, 0.05) is 0 Å². The SMILES string of the molecule is Cc1n[nH]c(=O)n1C1(C)CC(OC2CCCCCCCCCCCC2)C1. The van der Waals surface area contributed by atoms with Crippen LogP contribution in [0.1, 0.15) is 103 Å². The molecular weight excluding hydrogens is 326 g/mol. The Hall–Kier alpha value is -1.10. The van der Waals surface area contributed by atoms with E-state index in [0.717, 1.165) is 18.7 Å². The number of hydrogen-bond acceptors (Lipinski definition) is 3. The van der Waals surface area contributed by atoms with Crippen LogP contribution in [0.15, 0.2) is 4.79 Å². The molecule has 0 radical (unpaired) electrons. The minimum absolute atomic E-state index is 0.0921. The Bertz CT molecular complexity index is 587. The first kappa shape index (κ1) is 19.7. The number of nitrogens with zero attached hydrogens (tertiary/aromatic N) is 2. The van der Waals surface area contributed by atoms with Gasteiger partial charge in [-0.25, -0.2) is 9.89 Å². The van der Waals surface area contributed by atoms with Crippen LogP contribution in [0.5, 0.6) is 0 Å². The minimum atomic E-state index is -0.137. The van der Waals surface area contributed by atoms with E-state index in [1.165, 1.54) is 77.0 Å². The molecular formula is C21H37N3O2. The van der Waals surface area contributed by atoms with Crippen LogP contribution in [0.25, 0.3) is 0 Å². The molecule has 2 saturated carbocycles. The van der Waals surface area contributed by atoms with Crippen molar-refractivity contribution in [3.05, 3.63) is 16.3 Å². The van der Waals surface area contributed by atoms with Gasteiger partial charge in [0.1, 0.15) is 5.82 Å². The van der Waals surface area contributed by atoms with Crippen LogP contribution in [0.3, 0.4) is 0 Å². The van der Waals surface area contributed by atoms with Crippen molar-refractivity contribution in [1.82, 2.24) is 14.8 Å². The molecule has 2 aliphatic carbocycles. The second-order valence-corrected chi connectivity index (χ2v) is 8.81. The fourth-order valence-corrected chi connectivity index (χ4v) is 4.92. The van der Waals surface area contributed by atoms with Crippen LogP contribution < -0.4 is 5.69 Å². The lowest BCUT2D eigenvalue weighted by Crippen LogP contribution is -2.52. The van der Waals surface area contributed by atoms with Crippen LogP contribution in [0.2, 0.25) is 0 Å². The molecule has 0 bridgehead atoms. The van der Waals surface area contributed by atoms with Crippen molar-refractivity contribution in [2.24, 2.45) is 0 Å². The van der Waals surface area contributed by atoms with E-state index in [1.807, 2.05) is 11.5 Å².